The number of benzene rings is 1. The van der Waals surface area contributed by atoms with Gasteiger partial charge in [-0.25, -0.2) is 0 Å². The van der Waals surface area contributed by atoms with Crippen molar-refractivity contribution in [2.75, 3.05) is 30.3 Å². The summed E-state index contributed by atoms with van der Waals surface area (Å²) in [5.74, 6) is 0.554. The van der Waals surface area contributed by atoms with Crippen molar-refractivity contribution in [1.29, 1.82) is 0 Å². The first-order valence-corrected chi connectivity index (χ1v) is 8.74. The SMILES string of the molecule is Cl.O=C(CCC1CCNC1)Nc1ccc(NC(=O)C2CCCO2)cc1. The van der Waals surface area contributed by atoms with Gasteiger partial charge in [0.25, 0.3) is 5.91 Å². The summed E-state index contributed by atoms with van der Waals surface area (Å²) >= 11 is 0. The van der Waals surface area contributed by atoms with Gasteiger partial charge >= 0.3 is 0 Å². The molecule has 0 aromatic heterocycles. The van der Waals surface area contributed by atoms with Gasteiger partial charge in [-0.1, -0.05) is 0 Å². The molecule has 0 spiro atoms. The lowest BCUT2D eigenvalue weighted by Crippen LogP contribution is -2.26. The van der Waals surface area contributed by atoms with Gasteiger partial charge in [0.05, 0.1) is 0 Å². The topological polar surface area (TPSA) is 79.5 Å². The standard InChI is InChI=1S/C18H25N3O3.ClH/c22-17(8-3-13-9-10-19-12-13)20-14-4-6-15(7-5-14)21-18(23)16-2-1-11-24-16;/h4-7,13,16,19H,1-3,8-12H2,(H,20,22)(H,21,23);1H. The van der Waals surface area contributed by atoms with Crippen molar-refractivity contribution in [2.24, 2.45) is 5.92 Å². The lowest BCUT2D eigenvalue weighted by molar-refractivity contribution is -0.124. The molecule has 2 amide bonds. The molecule has 0 bridgehead atoms. The number of amides is 2. The number of halogens is 1. The van der Waals surface area contributed by atoms with Crippen LogP contribution in [0.2, 0.25) is 0 Å². The Balaban J connectivity index is 0.00000225. The van der Waals surface area contributed by atoms with Crippen LogP contribution in [-0.4, -0.2) is 37.6 Å². The maximum atomic E-state index is 12.0. The van der Waals surface area contributed by atoms with Gasteiger partial charge in [0.15, 0.2) is 0 Å². The van der Waals surface area contributed by atoms with E-state index >= 15 is 0 Å². The second-order valence-corrected chi connectivity index (χ2v) is 6.51. The summed E-state index contributed by atoms with van der Waals surface area (Å²) in [5, 5.41) is 9.06. The van der Waals surface area contributed by atoms with Gasteiger partial charge in [0, 0.05) is 24.4 Å². The maximum absolute atomic E-state index is 12.0. The highest BCUT2D eigenvalue weighted by Gasteiger charge is 2.23. The molecule has 1 aromatic rings. The van der Waals surface area contributed by atoms with Crippen LogP contribution >= 0.6 is 12.4 Å². The molecule has 0 aliphatic carbocycles. The van der Waals surface area contributed by atoms with E-state index in [0.29, 0.717) is 24.6 Å². The molecule has 2 heterocycles. The smallest absolute Gasteiger partial charge is 0.253 e. The average Bonchev–Trinajstić information content (AvgIpc) is 3.28. The fourth-order valence-electron chi connectivity index (χ4n) is 3.16. The van der Waals surface area contributed by atoms with E-state index in [9.17, 15) is 9.59 Å². The van der Waals surface area contributed by atoms with Crippen LogP contribution < -0.4 is 16.0 Å². The molecule has 2 unspecified atom stereocenters. The van der Waals surface area contributed by atoms with E-state index in [-0.39, 0.29) is 30.3 Å². The summed E-state index contributed by atoms with van der Waals surface area (Å²) in [7, 11) is 0. The van der Waals surface area contributed by atoms with Crippen molar-refractivity contribution in [3.63, 3.8) is 0 Å². The zero-order valence-electron chi connectivity index (χ0n) is 14.3. The number of nitrogens with one attached hydrogen (secondary N) is 3. The Morgan fingerprint density at radius 1 is 1.12 bits per heavy atom. The van der Waals surface area contributed by atoms with Crippen LogP contribution in [0.4, 0.5) is 11.4 Å². The normalized spacial score (nSPS) is 22.2. The number of hydrogen-bond acceptors (Lipinski definition) is 4. The molecule has 7 heteroatoms. The molecule has 2 saturated heterocycles. The molecule has 3 N–H and O–H groups in total. The predicted molar refractivity (Wildman–Crippen MR) is 100 cm³/mol. The van der Waals surface area contributed by atoms with E-state index in [1.54, 1.807) is 24.3 Å². The van der Waals surface area contributed by atoms with Crippen LogP contribution in [0, 0.1) is 5.92 Å². The molecule has 3 rings (SSSR count). The van der Waals surface area contributed by atoms with E-state index in [0.717, 1.165) is 44.5 Å². The van der Waals surface area contributed by atoms with Crippen molar-refractivity contribution >= 4 is 35.6 Å². The number of rotatable bonds is 6. The quantitative estimate of drug-likeness (QED) is 0.722. The maximum Gasteiger partial charge on any atom is 0.253 e. The Morgan fingerprint density at radius 3 is 2.44 bits per heavy atom. The molecule has 0 radical (unpaired) electrons. The van der Waals surface area contributed by atoms with Crippen molar-refractivity contribution in [3.8, 4) is 0 Å². The fourth-order valence-corrected chi connectivity index (χ4v) is 3.16. The summed E-state index contributed by atoms with van der Waals surface area (Å²) in [6.45, 7) is 2.73. The van der Waals surface area contributed by atoms with Gasteiger partial charge in [-0.3, -0.25) is 9.59 Å². The van der Waals surface area contributed by atoms with Crippen LogP contribution in [0.1, 0.15) is 32.1 Å². The van der Waals surface area contributed by atoms with Gasteiger partial charge in [0.2, 0.25) is 5.91 Å². The minimum Gasteiger partial charge on any atom is -0.368 e. The first-order valence-electron chi connectivity index (χ1n) is 8.74. The van der Waals surface area contributed by atoms with Gasteiger partial charge in [-0.15, -0.1) is 12.4 Å². The summed E-state index contributed by atoms with van der Waals surface area (Å²) < 4.78 is 5.36. The van der Waals surface area contributed by atoms with Gasteiger partial charge in [-0.05, 0) is 69.0 Å². The fraction of sp³-hybridized carbons (Fsp3) is 0.556. The zero-order chi connectivity index (χ0) is 16.8. The summed E-state index contributed by atoms with van der Waals surface area (Å²) in [6, 6.07) is 7.20. The Labute approximate surface area is 154 Å². The van der Waals surface area contributed by atoms with Crippen molar-refractivity contribution < 1.29 is 14.3 Å². The lowest BCUT2D eigenvalue weighted by atomic mass is 10.0. The average molecular weight is 368 g/mol. The zero-order valence-corrected chi connectivity index (χ0v) is 15.1. The number of carbonyl (C=O) groups is 2. The van der Waals surface area contributed by atoms with Crippen molar-refractivity contribution in [1.82, 2.24) is 5.32 Å². The Hall–Kier alpha value is -1.63. The largest absolute Gasteiger partial charge is 0.368 e. The first-order chi connectivity index (χ1) is 11.7. The summed E-state index contributed by atoms with van der Waals surface area (Å²) in [6.07, 6.45) is 4.00. The predicted octanol–water partition coefficient (Wildman–Crippen LogP) is 2.55. The third-order valence-electron chi connectivity index (χ3n) is 4.60. The number of carbonyl (C=O) groups excluding carboxylic acids is 2. The summed E-state index contributed by atoms with van der Waals surface area (Å²) in [5.41, 5.74) is 1.46. The van der Waals surface area contributed by atoms with E-state index in [1.165, 1.54) is 0 Å². The lowest BCUT2D eigenvalue weighted by Gasteiger charge is -2.11. The van der Waals surface area contributed by atoms with E-state index in [1.807, 2.05) is 0 Å². The Bertz CT molecular complexity index is 567. The van der Waals surface area contributed by atoms with Crippen LogP contribution in [-0.2, 0) is 14.3 Å². The molecular formula is C18H26ClN3O3. The van der Waals surface area contributed by atoms with Crippen LogP contribution in [0.5, 0.6) is 0 Å². The number of anilines is 2. The minimum atomic E-state index is -0.338. The first kappa shape index (κ1) is 19.7. The molecule has 2 fully saturated rings. The molecule has 2 atom stereocenters. The highest BCUT2D eigenvalue weighted by molar-refractivity contribution is 5.95. The van der Waals surface area contributed by atoms with Gasteiger partial charge < -0.3 is 20.7 Å². The van der Waals surface area contributed by atoms with Crippen molar-refractivity contribution in [2.45, 2.75) is 38.2 Å². The highest BCUT2D eigenvalue weighted by atomic mass is 35.5. The number of hydrogen-bond donors (Lipinski definition) is 3. The van der Waals surface area contributed by atoms with E-state index in [2.05, 4.69) is 16.0 Å². The van der Waals surface area contributed by atoms with Crippen molar-refractivity contribution in [3.05, 3.63) is 24.3 Å². The summed E-state index contributed by atoms with van der Waals surface area (Å²) in [4.78, 5) is 24.0. The number of ether oxygens (including phenoxy) is 1. The minimum absolute atomic E-state index is 0. The molecule has 1 aromatic carbocycles. The van der Waals surface area contributed by atoms with Crippen LogP contribution in [0.3, 0.4) is 0 Å². The second-order valence-electron chi connectivity index (χ2n) is 6.51. The molecule has 0 saturated carbocycles. The molecule has 6 nitrogen and oxygen atoms in total. The third-order valence-corrected chi connectivity index (χ3v) is 4.60. The van der Waals surface area contributed by atoms with Gasteiger partial charge in [0.1, 0.15) is 6.10 Å². The third kappa shape index (κ3) is 5.99. The van der Waals surface area contributed by atoms with Gasteiger partial charge in [-0.2, -0.15) is 0 Å². The molecular weight excluding hydrogens is 342 g/mol. The molecule has 2 aliphatic rings. The van der Waals surface area contributed by atoms with Crippen LogP contribution in [0.15, 0.2) is 24.3 Å². The Kier molecular flexibility index (Phi) is 7.68. The molecule has 138 valence electrons. The Morgan fingerprint density at radius 2 is 1.84 bits per heavy atom. The second kappa shape index (κ2) is 9.75. The highest BCUT2D eigenvalue weighted by Crippen LogP contribution is 2.18. The monoisotopic (exact) mass is 367 g/mol. The van der Waals surface area contributed by atoms with E-state index in [4.69, 9.17) is 4.74 Å². The van der Waals surface area contributed by atoms with E-state index < -0.39 is 0 Å². The molecule has 25 heavy (non-hydrogen) atoms. The van der Waals surface area contributed by atoms with Crippen LogP contribution in [0.25, 0.3) is 0 Å². The molecule has 2 aliphatic heterocycles.